The highest BCUT2D eigenvalue weighted by Gasteiger charge is 2.13. The lowest BCUT2D eigenvalue weighted by Crippen LogP contribution is -2.38. The summed E-state index contributed by atoms with van der Waals surface area (Å²) in [6, 6.07) is 7.16. The molecule has 0 atom stereocenters. The normalized spacial score (nSPS) is 10.9. The van der Waals surface area contributed by atoms with E-state index >= 15 is 0 Å². The first kappa shape index (κ1) is 15.3. The van der Waals surface area contributed by atoms with Gasteiger partial charge in [-0.15, -0.1) is 0 Å². The average molecular weight is 267 g/mol. The number of carbonyl (C=O) groups is 1. The highest BCUT2D eigenvalue weighted by atomic mass is 16.5. The van der Waals surface area contributed by atoms with Gasteiger partial charge in [0, 0.05) is 6.54 Å². The Morgan fingerprint density at radius 3 is 2.37 bits per heavy atom. The number of methoxy groups -OCH3 is 1. The average Bonchev–Trinajstić information content (AvgIpc) is 2.36. The third-order valence-electron chi connectivity index (χ3n) is 2.38. The number of carbonyl (C=O) groups excluding carboxylic acids is 1. The van der Waals surface area contributed by atoms with Crippen LogP contribution in [-0.4, -0.2) is 36.9 Å². The molecule has 1 aromatic carbocycles. The van der Waals surface area contributed by atoms with Gasteiger partial charge in [-0.3, -0.25) is 4.79 Å². The minimum atomic E-state index is -0.896. The molecule has 106 valence electrons. The number of ether oxygens (including phenoxy) is 2. The number of rotatable bonds is 7. The quantitative estimate of drug-likeness (QED) is 0.782. The molecule has 0 fully saturated rings. The van der Waals surface area contributed by atoms with E-state index in [4.69, 9.17) is 9.47 Å². The zero-order valence-electron chi connectivity index (χ0n) is 11.6. The van der Waals surface area contributed by atoms with E-state index in [0.29, 0.717) is 12.4 Å². The molecule has 0 aliphatic carbocycles. The molecule has 5 nitrogen and oxygen atoms in total. The molecule has 1 amide bonds. The summed E-state index contributed by atoms with van der Waals surface area (Å²) in [7, 11) is 1.60. The van der Waals surface area contributed by atoms with Crippen LogP contribution in [0.1, 0.15) is 20.3 Å². The molecule has 19 heavy (non-hydrogen) atoms. The molecule has 0 aliphatic rings. The standard InChI is InChI=1S/C14H21NO4/c1-14(2,17)10-15-13(16)8-9-19-12-6-4-11(18-3)5-7-12/h4-7,17H,8-10H2,1-3H3,(H,15,16). The van der Waals surface area contributed by atoms with Gasteiger partial charge in [0.1, 0.15) is 11.5 Å². The fraction of sp³-hybridized carbons (Fsp3) is 0.500. The van der Waals surface area contributed by atoms with Gasteiger partial charge in [0.15, 0.2) is 0 Å². The molecule has 0 saturated carbocycles. The molecule has 0 bridgehead atoms. The smallest absolute Gasteiger partial charge is 0.223 e. The number of nitrogens with one attached hydrogen (secondary N) is 1. The lowest BCUT2D eigenvalue weighted by Gasteiger charge is -2.17. The van der Waals surface area contributed by atoms with Gasteiger partial charge in [-0.1, -0.05) is 0 Å². The van der Waals surface area contributed by atoms with E-state index in [1.807, 2.05) is 0 Å². The summed E-state index contributed by atoms with van der Waals surface area (Å²) in [5.41, 5.74) is -0.896. The van der Waals surface area contributed by atoms with Crippen LogP contribution in [0, 0.1) is 0 Å². The second kappa shape index (κ2) is 6.99. The summed E-state index contributed by atoms with van der Waals surface area (Å²) < 4.78 is 10.5. The first-order valence-electron chi connectivity index (χ1n) is 6.16. The van der Waals surface area contributed by atoms with E-state index in [0.717, 1.165) is 5.75 Å². The van der Waals surface area contributed by atoms with Gasteiger partial charge in [0.25, 0.3) is 0 Å². The van der Waals surface area contributed by atoms with E-state index < -0.39 is 5.60 Å². The number of hydrogen-bond donors (Lipinski definition) is 2. The Kier molecular flexibility index (Phi) is 5.63. The second-order valence-corrected chi connectivity index (χ2v) is 4.86. The van der Waals surface area contributed by atoms with Gasteiger partial charge in [-0.05, 0) is 38.1 Å². The van der Waals surface area contributed by atoms with E-state index in [-0.39, 0.29) is 18.9 Å². The molecule has 0 aromatic heterocycles. The van der Waals surface area contributed by atoms with Crippen molar-refractivity contribution in [2.45, 2.75) is 25.9 Å². The predicted octanol–water partition coefficient (Wildman–Crippen LogP) is 1.35. The third kappa shape index (κ3) is 6.67. The first-order valence-corrected chi connectivity index (χ1v) is 6.16. The van der Waals surface area contributed by atoms with E-state index in [9.17, 15) is 9.90 Å². The van der Waals surface area contributed by atoms with Crippen molar-refractivity contribution in [1.82, 2.24) is 5.32 Å². The van der Waals surface area contributed by atoms with Crippen LogP contribution in [0.25, 0.3) is 0 Å². The molecular formula is C14H21NO4. The van der Waals surface area contributed by atoms with Crippen LogP contribution < -0.4 is 14.8 Å². The Labute approximate surface area is 113 Å². The molecular weight excluding hydrogens is 246 g/mol. The molecule has 1 aromatic rings. The molecule has 2 N–H and O–H groups in total. The SMILES string of the molecule is COc1ccc(OCCC(=O)NCC(C)(C)O)cc1. The van der Waals surface area contributed by atoms with Gasteiger partial charge in [0.05, 0.1) is 25.7 Å². The molecule has 0 unspecified atom stereocenters. The molecule has 0 radical (unpaired) electrons. The second-order valence-electron chi connectivity index (χ2n) is 4.86. The first-order chi connectivity index (χ1) is 8.90. The van der Waals surface area contributed by atoms with E-state index in [1.54, 1.807) is 45.2 Å². The zero-order chi connectivity index (χ0) is 14.3. The highest BCUT2D eigenvalue weighted by molar-refractivity contribution is 5.76. The summed E-state index contributed by atoms with van der Waals surface area (Å²) in [5, 5.41) is 12.1. The summed E-state index contributed by atoms with van der Waals surface area (Å²) in [5.74, 6) is 1.31. The van der Waals surface area contributed by atoms with Crippen LogP contribution in [0.3, 0.4) is 0 Å². The summed E-state index contributed by atoms with van der Waals surface area (Å²) >= 11 is 0. The lowest BCUT2D eigenvalue weighted by atomic mass is 10.1. The Morgan fingerprint density at radius 2 is 1.84 bits per heavy atom. The monoisotopic (exact) mass is 267 g/mol. The minimum Gasteiger partial charge on any atom is -0.497 e. The fourth-order valence-corrected chi connectivity index (χ4v) is 1.34. The van der Waals surface area contributed by atoms with Gasteiger partial charge in [0.2, 0.25) is 5.91 Å². The highest BCUT2D eigenvalue weighted by Crippen LogP contribution is 2.16. The maximum atomic E-state index is 11.5. The van der Waals surface area contributed by atoms with Gasteiger partial charge < -0.3 is 19.9 Å². The number of benzene rings is 1. The van der Waals surface area contributed by atoms with Crippen LogP contribution in [0.5, 0.6) is 11.5 Å². The van der Waals surface area contributed by atoms with E-state index in [1.165, 1.54) is 0 Å². The number of amides is 1. The molecule has 0 aliphatic heterocycles. The Hall–Kier alpha value is -1.75. The van der Waals surface area contributed by atoms with Crippen molar-refractivity contribution >= 4 is 5.91 Å². The van der Waals surface area contributed by atoms with Crippen molar-refractivity contribution in [1.29, 1.82) is 0 Å². The van der Waals surface area contributed by atoms with Crippen molar-refractivity contribution < 1.29 is 19.4 Å². The largest absolute Gasteiger partial charge is 0.497 e. The number of aliphatic hydroxyl groups is 1. The van der Waals surface area contributed by atoms with Crippen LogP contribution in [0.4, 0.5) is 0 Å². The molecule has 0 heterocycles. The maximum Gasteiger partial charge on any atom is 0.223 e. The van der Waals surface area contributed by atoms with Gasteiger partial charge in [-0.2, -0.15) is 0 Å². The molecule has 5 heteroatoms. The molecule has 1 rings (SSSR count). The Bertz CT molecular complexity index is 395. The van der Waals surface area contributed by atoms with Crippen molar-refractivity contribution in [3.8, 4) is 11.5 Å². The van der Waals surface area contributed by atoms with Gasteiger partial charge >= 0.3 is 0 Å². The Morgan fingerprint density at radius 1 is 1.26 bits per heavy atom. The topological polar surface area (TPSA) is 67.8 Å². The summed E-state index contributed by atoms with van der Waals surface area (Å²) in [6.45, 7) is 3.81. The van der Waals surface area contributed by atoms with Crippen LogP contribution in [0.2, 0.25) is 0 Å². The Balaban J connectivity index is 2.24. The zero-order valence-corrected chi connectivity index (χ0v) is 11.6. The maximum absolute atomic E-state index is 11.5. The summed E-state index contributed by atoms with van der Waals surface area (Å²) in [4.78, 5) is 11.5. The third-order valence-corrected chi connectivity index (χ3v) is 2.38. The summed E-state index contributed by atoms with van der Waals surface area (Å²) in [6.07, 6.45) is 0.252. The van der Waals surface area contributed by atoms with Crippen LogP contribution in [-0.2, 0) is 4.79 Å². The van der Waals surface area contributed by atoms with Crippen molar-refractivity contribution in [2.75, 3.05) is 20.3 Å². The van der Waals surface area contributed by atoms with Crippen LogP contribution in [0.15, 0.2) is 24.3 Å². The minimum absolute atomic E-state index is 0.143. The predicted molar refractivity (Wildman–Crippen MR) is 72.4 cm³/mol. The van der Waals surface area contributed by atoms with Crippen LogP contribution >= 0.6 is 0 Å². The van der Waals surface area contributed by atoms with E-state index in [2.05, 4.69) is 5.32 Å². The molecule has 0 saturated heterocycles. The van der Waals surface area contributed by atoms with Crippen molar-refractivity contribution in [3.05, 3.63) is 24.3 Å². The van der Waals surface area contributed by atoms with Gasteiger partial charge in [-0.25, -0.2) is 0 Å². The molecule has 0 spiro atoms. The van der Waals surface area contributed by atoms with Crippen molar-refractivity contribution in [2.24, 2.45) is 0 Å². The lowest BCUT2D eigenvalue weighted by molar-refractivity contribution is -0.122. The number of hydrogen-bond acceptors (Lipinski definition) is 4. The fourth-order valence-electron chi connectivity index (χ4n) is 1.34. The van der Waals surface area contributed by atoms with Crippen molar-refractivity contribution in [3.63, 3.8) is 0 Å².